The number of halogens is 1. The molecule has 0 unspecified atom stereocenters. The van der Waals surface area contributed by atoms with Gasteiger partial charge in [-0.15, -0.1) is 0 Å². The molecule has 0 aliphatic carbocycles. The number of hydrogen-bond acceptors (Lipinski definition) is 6. The van der Waals surface area contributed by atoms with E-state index in [1.54, 1.807) is 31.5 Å². The van der Waals surface area contributed by atoms with Crippen LogP contribution < -0.4 is 16.2 Å². The molecule has 0 aliphatic heterocycles. The molecule has 0 spiro atoms. The van der Waals surface area contributed by atoms with Gasteiger partial charge >= 0.3 is 0 Å². The Morgan fingerprint density at radius 3 is 2.46 bits per heavy atom. The van der Waals surface area contributed by atoms with Crippen molar-refractivity contribution in [1.82, 2.24) is 14.0 Å². The first kappa shape index (κ1) is 32.5. The second-order valence-corrected chi connectivity index (χ2v) is 14.3. The molecule has 2 aromatic carbocycles. The van der Waals surface area contributed by atoms with E-state index in [9.17, 15) is 16.8 Å². The zero-order valence-corrected chi connectivity index (χ0v) is 26.0. The van der Waals surface area contributed by atoms with E-state index < -0.39 is 25.6 Å². The van der Waals surface area contributed by atoms with E-state index in [4.69, 9.17) is 23.1 Å². The summed E-state index contributed by atoms with van der Waals surface area (Å²) in [6, 6.07) is 14.4. The molecule has 0 bridgehead atoms. The lowest BCUT2D eigenvalue weighted by Gasteiger charge is -2.38. The molecule has 3 aromatic rings. The molecule has 0 saturated heterocycles. The lowest BCUT2D eigenvalue weighted by Crippen LogP contribution is -2.47. The van der Waals surface area contributed by atoms with E-state index in [1.165, 1.54) is 10.4 Å². The lowest BCUT2D eigenvalue weighted by molar-refractivity contribution is 0.228. The van der Waals surface area contributed by atoms with Crippen LogP contribution in [0.15, 0.2) is 70.8 Å². The standard InChI is InChI=1S/C28H37ClN6O4S2/c1-20-19-32-14-12-24(20)22-8-5-9-23(18-22)28(3,4)35(41(38,39)26-11-6-10-25(29)21(26)2)16-7-13-34-40(36,37)17-15-33-27(30)31/h5-6,8-12,14,18-19,34H,7,13,15-17H2,1-4H3,(H4,30,31,33). The Bertz CT molecular complexity index is 1620. The molecular formula is C28H37ClN6O4S2. The maximum Gasteiger partial charge on any atom is 0.244 e. The second-order valence-electron chi connectivity index (χ2n) is 10.1. The molecule has 3 rings (SSSR count). The first-order valence-corrected chi connectivity index (χ1v) is 16.5. The fourth-order valence-electron chi connectivity index (χ4n) is 4.51. The Labute approximate surface area is 247 Å². The third-order valence-corrected chi connectivity index (χ3v) is 10.8. The number of rotatable bonds is 13. The number of hydrogen-bond donors (Lipinski definition) is 3. The summed E-state index contributed by atoms with van der Waals surface area (Å²) in [7, 11) is -7.73. The number of pyridine rings is 1. The van der Waals surface area contributed by atoms with Crippen molar-refractivity contribution in [3.05, 3.63) is 82.6 Å². The summed E-state index contributed by atoms with van der Waals surface area (Å²) in [5.74, 6) is -0.482. The van der Waals surface area contributed by atoms with E-state index in [1.807, 2.05) is 51.1 Å². The molecular weight excluding hydrogens is 584 g/mol. The van der Waals surface area contributed by atoms with Crippen molar-refractivity contribution in [3.8, 4) is 11.1 Å². The van der Waals surface area contributed by atoms with Gasteiger partial charge in [0.25, 0.3) is 0 Å². The van der Waals surface area contributed by atoms with Gasteiger partial charge in [0.05, 0.1) is 22.7 Å². The largest absolute Gasteiger partial charge is 0.370 e. The van der Waals surface area contributed by atoms with Gasteiger partial charge < -0.3 is 11.5 Å². The molecule has 0 radical (unpaired) electrons. The number of aryl methyl sites for hydroxylation is 1. The minimum Gasteiger partial charge on any atom is -0.370 e. The number of nitrogens with zero attached hydrogens (tertiary/aromatic N) is 3. The third kappa shape index (κ3) is 8.04. The molecule has 41 heavy (non-hydrogen) atoms. The van der Waals surface area contributed by atoms with Crippen molar-refractivity contribution in [2.75, 3.05) is 25.4 Å². The van der Waals surface area contributed by atoms with Gasteiger partial charge in [-0.1, -0.05) is 35.9 Å². The highest BCUT2D eigenvalue weighted by atomic mass is 35.5. The van der Waals surface area contributed by atoms with E-state index >= 15 is 0 Å². The number of aromatic nitrogens is 1. The molecule has 0 fully saturated rings. The summed E-state index contributed by atoms with van der Waals surface area (Å²) in [5, 5.41) is 0.340. The smallest absolute Gasteiger partial charge is 0.244 e. The molecule has 1 heterocycles. The minimum absolute atomic E-state index is 0.0248. The number of aliphatic imine (C=N–C) groups is 1. The molecule has 10 nitrogen and oxygen atoms in total. The minimum atomic E-state index is -4.07. The monoisotopic (exact) mass is 620 g/mol. The fourth-order valence-corrected chi connectivity index (χ4v) is 7.73. The molecule has 0 amide bonds. The number of guanidine groups is 1. The van der Waals surface area contributed by atoms with Gasteiger partial charge in [-0.05, 0) is 86.2 Å². The Kier molecular flexibility index (Phi) is 10.5. The van der Waals surface area contributed by atoms with E-state index in [0.29, 0.717) is 10.6 Å². The average molecular weight is 621 g/mol. The maximum atomic E-state index is 14.2. The van der Waals surface area contributed by atoms with Crippen LogP contribution in [0.1, 0.15) is 37.0 Å². The van der Waals surface area contributed by atoms with Gasteiger partial charge in [-0.25, -0.2) is 21.6 Å². The van der Waals surface area contributed by atoms with Crippen LogP contribution in [-0.4, -0.2) is 57.5 Å². The zero-order chi connectivity index (χ0) is 30.4. The molecule has 1 aromatic heterocycles. The molecule has 5 N–H and O–H groups in total. The first-order chi connectivity index (χ1) is 19.2. The summed E-state index contributed by atoms with van der Waals surface area (Å²) in [5.41, 5.74) is 13.6. The Balaban J connectivity index is 1.96. The summed E-state index contributed by atoms with van der Waals surface area (Å²) < 4.78 is 57.1. The normalized spacial score (nSPS) is 12.4. The predicted octanol–water partition coefficient (Wildman–Crippen LogP) is 3.53. The van der Waals surface area contributed by atoms with Gasteiger partial charge in [0, 0.05) is 30.5 Å². The lowest BCUT2D eigenvalue weighted by atomic mass is 9.90. The van der Waals surface area contributed by atoms with Crippen molar-refractivity contribution in [2.45, 2.75) is 44.6 Å². The Morgan fingerprint density at radius 2 is 1.78 bits per heavy atom. The van der Waals surface area contributed by atoms with Crippen LogP contribution in [0.2, 0.25) is 5.02 Å². The van der Waals surface area contributed by atoms with Crippen LogP contribution in [0.3, 0.4) is 0 Å². The van der Waals surface area contributed by atoms with Gasteiger partial charge in [0.15, 0.2) is 5.96 Å². The van der Waals surface area contributed by atoms with Crippen LogP contribution in [0.25, 0.3) is 11.1 Å². The molecule has 13 heteroatoms. The highest BCUT2D eigenvalue weighted by Gasteiger charge is 2.39. The van der Waals surface area contributed by atoms with Crippen LogP contribution in [0.4, 0.5) is 0 Å². The SMILES string of the molecule is Cc1cnccc1-c1cccc(C(C)(C)N(CCCNS(=O)(=O)CCN=C(N)N)S(=O)(=O)c2cccc(Cl)c2C)c1. The maximum absolute atomic E-state index is 14.2. The number of sulfonamides is 2. The fraction of sp³-hybridized carbons (Fsp3) is 0.357. The molecule has 0 aliphatic rings. The summed E-state index contributed by atoms with van der Waals surface area (Å²) in [6.45, 7) is 7.29. The van der Waals surface area contributed by atoms with Gasteiger partial charge in [0.1, 0.15) is 0 Å². The Hall–Kier alpha value is -3.03. The Morgan fingerprint density at radius 1 is 1.07 bits per heavy atom. The van der Waals surface area contributed by atoms with Crippen LogP contribution in [0, 0.1) is 13.8 Å². The van der Waals surface area contributed by atoms with E-state index in [2.05, 4.69) is 14.7 Å². The van der Waals surface area contributed by atoms with Crippen molar-refractivity contribution < 1.29 is 16.8 Å². The summed E-state index contributed by atoms with van der Waals surface area (Å²) >= 11 is 6.31. The first-order valence-electron chi connectivity index (χ1n) is 13.0. The highest BCUT2D eigenvalue weighted by Crippen LogP contribution is 2.37. The van der Waals surface area contributed by atoms with Crippen LogP contribution >= 0.6 is 11.6 Å². The molecule has 222 valence electrons. The predicted molar refractivity (Wildman–Crippen MR) is 165 cm³/mol. The van der Waals surface area contributed by atoms with E-state index in [-0.39, 0.29) is 42.7 Å². The van der Waals surface area contributed by atoms with Crippen LogP contribution in [0.5, 0.6) is 0 Å². The van der Waals surface area contributed by atoms with Gasteiger partial charge in [-0.3, -0.25) is 9.98 Å². The van der Waals surface area contributed by atoms with Gasteiger partial charge in [-0.2, -0.15) is 4.31 Å². The number of benzene rings is 2. The average Bonchev–Trinajstić information content (AvgIpc) is 2.89. The summed E-state index contributed by atoms with van der Waals surface area (Å²) in [4.78, 5) is 7.96. The highest BCUT2D eigenvalue weighted by molar-refractivity contribution is 7.89. The van der Waals surface area contributed by atoms with Crippen molar-refractivity contribution in [1.29, 1.82) is 0 Å². The topological polar surface area (TPSA) is 161 Å². The van der Waals surface area contributed by atoms with Crippen molar-refractivity contribution in [3.63, 3.8) is 0 Å². The molecule has 0 saturated carbocycles. The van der Waals surface area contributed by atoms with Crippen molar-refractivity contribution in [2.24, 2.45) is 16.5 Å². The summed E-state index contributed by atoms with van der Waals surface area (Å²) in [6.07, 6.45) is 3.72. The molecule has 0 atom stereocenters. The van der Waals surface area contributed by atoms with E-state index in [0.717, 1.165) is 22.3 Å². The third-order valence-electron chi connectivity index (χ3n) is 6.82. The number of nitrogens with two attached hydrogens (primary N) is 2. The van der Waals surface area contributed by atoms with Crippen molar-refractivity contribution >= 4 is 37.6 Å². The van der Waals surface area contributed by atoms with Crippen LogP contribution in [-0.2, 0) is 25.6 Å². The second kappa shape index (κ2) is 13.3. The quantitative estimate of drug-likeness (QED) is 0.150. The number of nitrogens with one attached hydrogen (secondary N) is 1. The zero-order valence-electron chi connectivity index (χ0n) is 23.6. The van der Waals surface area contributed by atoms with Gasteiger partial charge in [0.2, 0.25) is 20.0 Å².